The minimum Gasteiger partial charge on any atom is -0.347 e. The highest BCUT2D eigenvalue weighted by Crippen LogP contribution is 2.13. The van der Waals surface area contributed by atoms with E-state index in [4.69, 9.17) is 0 Å². The van der Waals surface area contributed by atoms with Crippen molar-refractivity contribution in [2.75, 3.05) is 13.1 Å². The summed E-state index contributed by atoms with van der Waals surface area (Å²) in [5.41, 5.74) is 3.29. The first kappa shape index (κ1) is 21.0. The summed E-state index contributed by atoms with van der Waals surface area (Å²) in [6.45, 7) is 4.09. The van der Waals surface area contributed by atoms with Gasteiger partial charge >= 0.3 is 0 Å². The van der Waals surface area contributed by atoms with Crippen LogP contribution in [0.5, 0.6) is 0 Å². The van der Waals surface area contributed by atoms with E-state index in [0.717, 1.165) is 17.7 Å². The Morgan fingerprint density at radius 3 is 2.23 bits per heavy atom. The smallest absolute Gasteiger partial charge is 0.271 e. The lowest BCUT2D eigenvalue weighted by Crippen LogP contribution is -2.29. The summed E-state index contributed by atoms with van der Waals surface area (Å²) in [5.74, 6) is -0.292. The number of carbonyl (C=O) groups excluding carboxylic acids is 1. The van der Waals surface area contributed by atoms with Gasteiger partial charge in [-0.1, -0.05) is 61.0 Å². The highest BCUT2D eigenvalue weighted by Gasteiger charge is 2.12. The van der Waals surface area contributed by atoms with Gasteiger partial charge in [0.25, 0.3) is 11.5 Å². The topological polar surface area (TPSA) is 67.2 Å². The Labute approximate surface area is 182 Å². The van der Waals surface area contributed by atoms with Crippen LogP contribution in [-0.4, -0.2) is 33.7 Å². The number of hydrogen-bond acceptors (Lipinski definition) is 4. The van der Waals surface area contributed by atoms with Crippen molar-refractivity contribution < 1.29 is 4.79 Å². The number of carbonyl (C=O) groups is 1. The Balaban J connectivity index is 1.34. The second kappa shape index (κ2) is 10.2. The van der Waals surface area contributed by atoms with Crippen molar-refractivity contribution in [3.05, 3.63) is 99.5 Å². The van der Waals surface area contributed by atoms with Crippen LogP contribution in [0, 0.1) is 0 Å². The van der Waals surface area contributed by atoms with Gasteiger partial charge in [-0.15, -0.1) is 0 Å². The molecule has 6 heteroatoms. The van der Waals surface area contributed by atoms with E-state index in [-0.39, 0.29) is 17.2 Å². The van der Waals surface area contributed by atoms with Crippen LogP contribution in [0.15, 0.2) is 71.5 Å². The summed E-state index contributed by atoms with van der Waals surface area (Å²) in [7, 11) is 0. The van der Waals surface area contributed by atoms with E-state index in [0.29, 0.717) is 13.1 Å². The molecule has 0 spiro atoms. The molecular weight excluding hydrogens is 388 g/mol. The van der Waals surface area contributed by atoms with Crippen LogP contribution in [0.1, 0.15) is 46.4 Å². The van der Waals surface area contributed by atoms with E-state index in [2.05, 4.69) is 39.6 Å². The second-order valence-corrected chi connectivity index (χ2v) is 8.04. The van der Waals surface area contributed by atoms with Crippen molar-refractivity contribution in [1.82, 2.24) is 20.0 Å². The van der Waals surface area contributed by atoms with E-state index < -0.39 is 0 Å². The quantitative estimate of drug-likeness (QED) is 0.642. The minimum absolute atomic E-state index is 0.232. The lowest BCUT2D eigenvalue weighted by molar-refractivity contribution is 0.0943. The van der Waals surface area contributed by atoms with Crippen LogP contribution in [0.3, 0.4) is 0 Å². The molecule has 1 N–H and O–H groups in total. The Kier molecular flexibility index (Phi) is 6.89. The SMILES string of the molecule is O=C(NCc1ccc(CN2CCCCC2)cc1)c1ccc(=O)n(Cc2ccccc2)n1. The van der Waals surface area contributed by atoms with Crippen LogP contribution in [0.25, 0.3) is 0 Å². The number of nitrogens with one attached hydrogen (secondary N) is 1. The molecule has 1 aliphatic heterocycles. The van der Waals surface area contributed by atoms with Crippen molar-refractivity contribution in [3.63, 3.8) is 0 Å². The molecule has 1 aliphatic rings. The van der Waals surface area contributed by atoms with Gasteiger partial charge in [-0.3, -0.25) is 14.5 Å². The maximum atomic E-state index is 12.6. The first-order chi connectivity index (χ1) is 15.2. The average molecular weight is 417 g/mol. The Morgan fingerprint density at radius 1 is 0.806 bits per heavy atom. The van der Waals surface area contributed by atoms with Gasteiger partial charge in [0.2, 0.25) is 0 Å². The third-order valence-electron chi connectivity index (χ3n) is 5.61. The largest absolute Gasteiger partial charge is 0.347 e. The van der Waals surface area contributed by atoms with E-state index in [9.17, 15) is 9.59 Å². The van der Waals surface area contributed by atoms with Gasteiger partial charge in [0.15, 0.2) is 0 Å². The summed E-state index contributed by atoms with van der Waals surface area (Å²) in [6, 6.07) is 20.8. The molecule has 1 amide bonds. The van der Waals surface area contributed by atoms with Gasteiger partial charge in [0.1, 0.15) is 5.69 Å². The van der Waals surface area contributed by atoms with Crippen molar-refractivity contribution in [3.8, 4) is 0 Å². The molecule has 0 unspecified atom stereocenters. The fourth-order valence-corrected chi connectivity index (χ4v) is 3.85. The van der Waals surface area contributed by atoms with Gasteiger partial charge in [-0.2, -0.15) is 5.10 Å². The predicted octanol–water partition coefficient (Wildman–Crippen LogP) is 3.21. The van der Waals surface area contributed by atoms with Crippen molar-refractivity contribution in [1.29, 1.82) is 0 Å². The zero-order valence-electron chi connectivity index (χ0n) is 17.7. The molecule has 0 bridgehead atoms. The molecule has 31 heavy (non-hydrogen) atoms. The molecule has 0 aliphatic carbocycles. The first-order valence-electron chi connectivity index (χ1n) is 10.9. The van der Waals surface area contributed by atoms with Crippen molar-refractivity contribution in [2.24, 2.45) is 0 Å². The van der Waals surface area contributed by atoms with Crippen LogP contribution in [0.4, 0.5) is 0 Å². The molecule has 0 radical (unpaired) electrons. The standard InChI is InChI=1S/C25H28N4O2/c30-24-14-13-23(27-29(24)19-21-7-3-1-4-8-21)25(31)26-17-20-9-11-22(12-10-20)18-28-15-5-2-6-16-28/h1,3-4,7-14H,2,5-6,15-19H2,(H,26,31). The van der Waals surface area contributed by atoms with E-state index in [1.165, 1.54) is 54.7 Å². The normalized spacial score (nSPS) is 14.3. The summed E-state index contributed by atoms with van der Waals surface area (Å²) in [6.07, 6.45) is 3.92. The Bertz CT molecular complexity index is 1050. The molecule has 2 aromatic carbocycles. The zero-order valence-corrected chi connectivity index (χ0v) is 17.7. The number of amides is 1. The van der Waals surface area contributed by atoms with Crippen LogP contribution < -0.4 is 10.9 Å². The molecule has 0 atom stereocenters. The fraction of sp³-hybridized carbons (Fsp3) is 0.320. The van der Waals surface area contributed by atoms with E-state index in [1.807, 2.05) is 30.3 Å². The maximum Gasteiger partial charge on any atom is 0.271 e. The molecule has 160 valence electrons. The number of nitrogens with zero attached hydrogens (tertiary/aromatic N) is 3. The molecular formula is C25H28N4O2. The summed E-state index contributed by atoms with van der Waals surface area (Å²) in [5, 5.41) is 7.14. The highest BCUT2D eigenvalue weighted by molar-refractivity contribution is 5.91. The van der Waals surface area contributed by atoms with Crippen molar-refractivity contribution >= 4 is 5.91 Å². The zero-order chi connectivity index (χ0) is 21.5. The van der Waals surface area contributed by atoms with Gasteiger partial charge in [-0.05, 0) is 48.7 Å². The molecule has 4 rings (SSSR count). The summed E-state index contributed by atoms with van der Waals surface area (Å²) in [4.78, 5) is 27.2. The number of benzene rings is 2. The highest BCUT2D eigenvalue weighted by atomic mass is 16.2. The lowest BCUT2D eigenvalue weighted by Gasteiger charge is -2.26. The van der Waals surface area contributed by atoms with E-state index >= 15 is 0 Å². The number of hydrogen-bond donors (Lipinski definition) is 1. The maximum absolute atomic E-state index is 12.6. The van der Waals surface area contributed by atoms with Crippen LogP contribution >= 0.6 is 0 Å². The first-order valence-corrected chi connectivity index (χ1v) is 10.9. The predicted molar refractivity (Wildman–Crippen MR) is 121 cm³/mol. The molecule has 1 aromatic heterocycles. The van der Waals surface area contributed by atoms with Crippen LogP contribution in [0.2, 0.25) is 0 Å². The lowest BCUT2D eigenvalue weighted by atomic mass is 10.1. The Hall–Kier alpha value is -3.25. The van der Waals surface area contributed by atoms with E-state index in [1.54, 1.807) is 0 Å². The molecule has 1 fully saturated rings. The molecule has 2 heterocycles. The van der Waals surface area contributed by atoms with Crippen molar-refractivity contribution in [2.45, 2.75) is 38.9 Å². The van der Waals surface area contributed by atoms with Crippen LogP contribution in [-0.2, 0) is 19.6 Å². The number of rotatable bonds is 7. The molecule has 6 nitrogen and oxygen atoms in total. The summed E-state index contributed by atoms with van der Waals surface area (Å²) >= 11 is 0. The van der Waals surface area contributed by atoms with Gasteiger partial charge in [-0.25, -0.2) is 4.68 Å². The van der Waals surface area contributed by atoms with Gasteiger partial charge in [0, 0.05) is 19.2 Å². The summed E-state index contributed by atoms with van der Waals surface area (Å²) < 4.78 is 1.32. The fourth-order valence-electron chi connectivity index (χ4n) is 3.85. The minimum atomic E-state index is -0.292. The molecule has 3 aromatic rings. The average Bonchev–Trinajstić information content (AvgIpc) is 2.81. The van der Waals surface area contributed by atoms with Gasteiger partial charge < -0.3 is 5.32 Å². The third kappa shape index (κ3) is 5.89. The number of piperidine rings is 1. The Morgan fingerprint density at radius 2 is 1.48 bits per heavy atom. The third-order valence-corrected chi connectivity index (χ3v) is 5.61. The molecule has 1 saturated heterocycles. The second-order valence-electron chi connectivity index (χ2n) is 8.04. The monoisotopic (exact) mass is 416 g/mol. The number of aromatic nitrogens is 2. The number of likely N-dealkylation sites (tertiary alicyclic amines) is 1. The van der Waals surface area contributed by atoms with Gasteiger partial charge in [0.05, 0.1) is 6.54 Å². The molecule has 0 saturated carbocycles.